The van der Waals surface area contributed by atoms with Crippen molar-refractivity contribution in [2.45, 2.75) is 12.5 Å². The second-order valence-corrected chi connectivity index (χ2v) is 5.00. The molecule has 0 aromatic carbocycles. The van der Waals surface area contributed by atoms with Crippen molar-refractivity contribution in [1.82, 2.24) is 0 Å². The van der Waals surface area contributed by atoms with Crippen LogP contribution in [0.15, 0.2) is 16.8 Å². The minimum Gasteiger partial charge on any atom is -0.388 e. The fourth-order valence-corrected chi connectivity index (χ4v) is 2.12. The topological polar surface area (TPSA) is 74.6 Å². The summed E-state index contributed by atoms with van der Waals surface area (Å²) in [6.07, 6.45) is -0.788. The Morgan fingerprint density at radius 2 is 2.23 bits per heavy atom. The zero-order valence-electron chi connectivity index (χ0n) is 6.75. The number of aliphatic hydroxyl groups is 1. The van der Waals surface area contributed by atoms with Gasteiger partial charge in [0.1, 0.15) is 0 Å². The summed E-state index contributed by atoms with van der Waals surface area (Å²) in [5, 5.41) is 12.9. The zero-order chi connectivity index (χ0) is 9.90. The lowest BCUT2D eigenvalue weighted by atomic mass is 10.1. The van der Waals surface area contributed by atoms with E-state index in [1.807, 2.05) is 0 Å². The quantitative estimate of drug-likeness (QED) is 0.747. The fourth-order valence-electron chi connectivity index (χ4n) is 0.892. The van der Waals surface area contributed by atoms with E-state index in [0.717, 1.165) is 0 Å². The summed E-state index contributed by atoms with van der Waals surface area (Å²) in [4.78, 5) is 0. The largest absolute Gasteiger partial charge is 0.388 e. The van der Waals surface area contributed by atoms with E-state index in [4.69, 9.17) is 4.55 Å². The van der Waals surface area contributed by atoms with E-state index in [2.05, 4.69) is 0 Å². The predicted octanol–water partition coefficient (Wildman–Crippen LogP) is 1.06. The van der Waals surface area contributed by atoms with Crippen LogP contribution in [-0.4, -0.2) is 23.8 Å². The van der Waals surface area contributed by atoms with E-state index < -0.39 is 22.0 Å². The highest BCUT2D eigenvalue weighted by Gasteiger charge is 2.12. The van der Waals surface area contributed by atoms with Gasteiger partial charge in [-0.15, -0.1) is 0 Å². The van der Waals surface area contributed by atoms with Gasteiger partial charge in [0, 0.05) is 0 Å². The Morgan fingerprint density at radius 3 is 2.69 bits per heavy atom. The molecule has 0 saturated heterocycles. The van der Waals surface area contributed by atoms with Crippen LogP contribution in [0, 0.1) is 0 Å². The second kappa shape index (κ2) is 4.19. The first-order valence-electron chi connectivity index (χ1n) is 3.64. The van der Waals surface area contributed by atoms with Crippen LogP contribution in [-0.2, 0) is 10.1 Å². The highest BCUT2D eigenvalue weighted by atomic mass is 32.2. The van der Waals surface area contributed by atoms with Crippen LogP contribution in [0.1, 0.15) is 18.1 Å². The SMILES string of the molecule is O=S(=O)(O)CCC(O)c1ccsc1. The second-order valence-electron chi connectivity index (χ2n) is 2.65. The van der Waals surface area contributed by atoms with Gasteiger partial charge in [0.15, 0.2) is 0 Å². The van der Waals surface area contributed by atoms with E-state index in [0.29, 0.717) is 5.56 Å². The van der Waals surface area contributed by atoms with Gasteiger partial charge in [-0.3, -0.25) is 4.55 Å². The lowest BCUT2D eigenvalue weighted by molar-refractivity contribution is 0.174. The molecule has 0 amide bonds. The molecule has 1 heterocycles. The van der Waals surface area contributed by atoms with E-state index in [1.165, 1.54) is 11.3 Å². The molecule has 6 heteroatoms. The average Bonchev–Trinajstić information content (AvgIpc) is 2.50. The third kappa shape index (κ3) is 3.86. The molecule has 0 saturated carbocycles. The number of rotatable bonds is 4. The Bertz CT molecular complexity index is 341. The van der Waals surface area contributed by atoms with Crippen molar-refractivity contribution in [3.05, 3.63) is 22.4 Å². The first-order valence-corrected chi connectivity index (χ1v) is 6.19. The molecule has 0 aliphatic carbocycles. The summed E-state index contributed by atoms with van der Waals surface area (Å²) in [7, 11) is -3.97. The van der Waals surface area contributed by atoms with Crippen LogP contribution < -0.4 is 0 Å². The molecule has 2 N–H and O–H groups in total. The van der Waals surface area contributed by atoms with Gasteiger partial charge < -0.3 is 5.11 Å². The third-order valence-corrected chi connectivity index (χ3v) is 3.03. The van der Waals surface area contributed by atoms with Gasteiger partial charge in [0.05, 0.1) is 11.9 Å². The lowest BCUT2D eigenvalue weighted by Gasteiger charge is -2.06. The molecule has 74 valence electrons. The number of hydrogen-bond acceptors (Lipinski definition) is 4. The third-order valence-electron chi connectivity index (χ3n) is 1.58. The molecule has 0 bridgehead atoms. The van der Waals surface area contributed by atoms with Crippen molar-refractivity contribution in [3.8, 4) is 0 Å². The van der Waals surface area contributed by atoms with E-state index in [9.17, 15) is 13.5 Å². The molecule has 1 rings (SSSR count). The molecule has 13 heavy (non-hydrogen) atoms. The molecule has 1 atom stereocenters. The zero-order valence-corrected chi connectivity index (χ0v) is 8.38. The van der Waals surface area contributed by atoms with Crippen LogP contribution in [0.4, 0.5) is 0 Å². The fraction of sp³-hybridized carbons (Fsp3) is 0.429. The van der Waals surface area contributed by atoms with Crippen LogP contribution in [0.25, 0.3) is 0 Å². The van der Waals surface area contributed by atoms with Crippen LogP contribution in [0.2, 0.25) is 0 Å². The molecule has 1 unspecified atom stereocenters. The van der Waals surface area contributed by atoms with Gasteiger partial charge in [0.2, 0.25) is 0 Å². The molecule has 0 aliphatic rings. The highest BCUT2D eigenvalue weighted by Crippen LogP contribution is 2.19. The molecule has 0 spiro atoms. The molecular weight excluding hydrogens is 212 g/mol. The van der Waals surface area contributed by atoms with Crippen molar-refractivity contribution in [2.75, 3.05) is 5.75 Å². The summed E-state index contributed by atoms with van der Waals surface area (Å²) in [6, 6.07) is 1.72. The number of hydrogen-bond donors (Lipinski definition) is 2. The average molecular weight is 222 g/mol. The molecule has 1 aromatic rings. The molecule has 0 aliphatic heterocycles. The van der Waals surface area contributed by atoms with Crippen molar-refractivity contribution in [1.29, 1.82) is 0 Å². The Hall–Kier alpha value is -0.430. The monoisotopic (exact) mass is 222 g/mol. The smallest absolute Gasteiger partial charge is 0.264 e. The van der Waals surface area contributed by atoms with Crippen LogP contribution in [0.3, 0.4) is 0 Å². The Balaban J connectivity index is 2.48. The predicted molar refractivity (Wildman–Crippen MR) is 50.3 cm³/mol. The van der Waals surface area contributed by atoms with Crippen LogP contribution >= 0.6 is 11.3 Å². The Morgan fingerprint density at radius 1 is 1.54 bits per heavy atom. The van der Waals surface area contributed by atoms with E-state index in [1.54, 1.807) is 16.8 Å². The lowest BCUT2D eigenvalue weighted by Crippen LogP contribution is -2.08. The van der Waals surface area contributed by atoms with Gasteiger partial charge >= 0.3 is 0 Å². The molecule has 0 radical (unpaired) electrons. The minimum absolute atomic E-state index is 0.0234. The first-order chi connectivity index (χ1) is 5.99. The summed E-state index contributed by atoms with van der Waals surface area (Å²) >= 11 is 1.43. The van der Waals surface area contributed by atoms with Crippen molar-refractivity contribution >= 4 is 21.5 Å². The van der Waals surface area contributed by atoms with E-state index >= 15 is 0 Å². The maximum Gasteiger partial charge on any atom is 0.264 e. The van der Waals surface area contributed by atoms with Gasteiger partial charge in [-0.1, -0.05) is 0 Å². The first kappa shape index (κ1) is 10.6. The minimum atomic E-state index is -3.97. The summed E-state index contributed by atoms with van der Waals surface area (Å²) in [6.45, 7) is 0. The molecular formula is C7H10O4S2. The van der Waals surface area contributed by atoms with Gasteiger partial charge in [-0.2, -0.15) is 19.8 Å². The van der Waals surface area contributed by atoms with Crippen molar-refractivity contribution in [2.24, 2.45) is 0 Å². The normalized spacial score (nSPS) is 14.3. The number of thiophene rings is 1. The van der Waals surface area contributed by atoms with Gasteiger partial charge in [0.25, 0.3) is 10.1 Å². The summed E-state index contributed by atoms with van der Waals surface area (Å²) in [5.41, 5.74) is 0.689. The highest BCUT2D eigenvalue weighted by molar-refractivity contribution is 7.85. The Labute approximate surface area is 80.6 Å². The molecule has 0 fully saturated rings. The van der Waals surface area contributed by atoms with Crippen LogP contribution in [0.5, 0.6) is 0 Å². The standard InChI is InChI=1S/C7H10O4S2/c8-7(2-4-13(9,10)11)6-1-3-12-5-6/h1,3,5,7-8H,2,4H2,(H,9,10,11). The van der Waals surface area contributed by atoms with Crippen molar-refractivity contribution < 1.29 is 18.1 Å². The Kier molecular flexibility index (Phi) is 3.43. The summed E-state index contributed by atoms with van der Waals surface area (Å²) in [5.74, 6) is -0.413. The molecule has 1 aromatic heterocycles. The maximum absolute atomic E-state index is 10.4. The summed E-state index contributed by atoms with van der Waals surface area (Å²) < 4.78 is 29.1. The van der Waals surface area contributed by atoms with Crippen molar-refractivity contribution in [3.63, 3.8) is 0 Å². The molecule has 4 nitrogen and oxygen atoms in total. The van der Waals surface area contributed by atoms with E-state index in [-0.39, 0.29) is 6.42 Å². The maximum atomic E-state index is 10.4. The van der Waals surface area contributed by atoms with Gasteiger partial charge in [-0.25, -0.2) is 0 Å². The number of aliphatic hydroxyl groups excluding tert-OH is 1. The van der Waals surface area contributed by atoms with Gasteiger partial charge in [-0.05, 0) is 28.8 Å².